The van der Waals surface area contributed by atoms with Crippen molar-refractivity contribution in [1.82, 2.24) is 14.8 Å². The maximum atomic E-state index is 4.80. The Balaban J connectivity index is 1.19. The third-order valence-corrected chi connectivity index (χ3v) is 10.6. The van der Waals surface area contributed by atoms with Crippen LogP contribution in [-0.4, -0.2) is 14.8 Å². The lowest BCUT2D eigenvalue weighted by Crippen LogP contribution is -2.15. The smallest absolute Gasteiger partial charge is 0.168 e. The molecule has 3 nitrogen and oxygen atoms in total. The van der Waals surface area contributed by atoms with Crippen LogP contribution in [0.5, 0.6) is 0 Å². The third kappa shape index (κ3) is 3.96. The van der Waals surface area contributed by atoms with E-state index in [0.29, 0.717) is 0 Å². The van der Waals surface area contributed by atoms with Crippen molar-refractivity contribution < 1.29 is 0 Å². The minimum atomic E-state index is -0.0989. The van der Waals surface area contributed by atoms with Crippen LogP contribution in [-0.2, 0) is 5.41 Å². The second kappa shape index (κ2) is 9.85. The Morgan fingerprint density at radius 3 is 1.96 bits per heavy atom. The Morgan fingerprint density at radius 2 is 1.13 bits per heavy atom. The predicted octanol–water partition coefficient (Wildman–Crippen LogP) is 10.9. The summed E-state index contributed by atoms with van der Waals surface area (Å²) in [4.78, 5) is 0. The zero-order valence-electron chi connectivity index (χ0n) is 25.0. The van der Waals surface area contributed by atoms with Gasteiger partial charge < -0.3 is 0 Å². The Morgan fingerprint density at radius 1 is 0.511 bits per heavy atom. The number of fused-ring (bicyclic) bond motifs is 6. The zero-order chi connectivity index (χ0) is 30.1. The van der Waals surface area contributed by atoms with Crippen LogP contribution in [0.2, 0.25) is 0 Å². The monoisotopic (exact) mass is 595 g/mol. The van der Waals surface area contributed by atoms with Gasteiger partial charge in [-0.1, -0.05) is 135 Å². The van der Waals surface area contributed by atoms with Crippen molar-refractivity contribution in [3.05, 3.63) is 151 Å². The van der Waals surface area contributed by atoms with Crippen LogP contribution >= 0.6 is 11.3 Å². The highest BCUT2D eigenvalue weighted by atomic mass is 32.1. The van der Waals surface area contributed by atoms with E-state index in [1.54, 1.807) is 0 Å². The van der Waals surface area contributed by atoms with Gasteiger partial charge in [0.25, 0.3) is 0 Å². The molecule has 45 heavy (non-hydrogen) atoms. The highest BCUT2D eigenvalue weighted by Crippen LogP contribution is 2.49. The first-order chi connectivity index (χ1) is 22.1. The van der Waals surface area contributed by atoms with E-state index in [0.717, 1.165) is 28.5 Å². The summed E-state index contributed by atoms with van der Waals surface area (Å²) in [5.41, 5.74) is 10.8. The highest BCUT2D eigenvalue weighted by Gasteiger charge is 2.35. The lowest BCUT2D eigenvalue weighted by atomic mass is 9.82. The minimum absolute atomic E-state index is 0.0989. The van der Waals surface area contributed by atoms with Gasteiger partial charge in [0.15, 0.2) is 11.6 Å². The van der Waals surface area contributed by atoms with Crippen LogP contribution in [0, 0.1) is 0 Å². The molecule has 1 aliphatic rings. The maximum absolute atomic E-state index is 4.80. The fourth-order valence-corrected chi connectivity index (χ4v) is 8.33. The summed E-state index contributed by atoms with van der Waals surface area (Å²) in [5.74, 6) is 1.66. The number of benzene rings is 6. The molecule has 9 rings (SSSR count). The first-order valence-corrected chi connectivity index (χ1v) is 16.2. The van der Waals surface area contributed by atoms with Gasteiger partial charge in [0.1, 0.15) is 0 Å². The lowest BCUT2D eigenvalue weighted by molar-refractivity contribution is 0.660. The number of hydrogen-bond donors (Lipinski definition) is 0. The first kappa shape index (κ1) is 26.1. The molecule has 0 bridgehead atoms. The predicted molar refractivity (Wildman–Crippen MR) is 188 cm³/mol. The fourth-order valence-electron chi connectivity index (χ4n) is 7.09. The van der Waals surface area contributed by atoms with Crippen molar-refractivity contribution in [1.29, 1.82) is 0 Å². The average Bonchev–Trinajstić information content (AvgIpc) is 3.76. The SMILES string of the molecule is CC1(C)c2ccccc2-c2ccc(-n3c(-c4ccccc4)nnc3-c3ccc(-c4cccc5c4sc4ccccc45)cc3)cc21. The van der Waals surface area contributed by atoms with Crippen molar-refractivity contribution in [3.63, 3.8) is 0 Å². The normalized spacial score (nSPS) is 13.3. The molecule has 6 aromatic carbocycles. The van der Waals surface area contributed by atoms with Gasteiger partial charge in [0.2, 0.25) is 0 Å². The Kier molecular flexibility index (Phi) is 5.71. The molecule has 214 valence electrons. The van der Waals surface area contributed by atoms with Gasteiger partial charge >= 0.3 is 0 Å². The Labute approximate surface area is 266 Å². The van der Waals surface area contributed by atoms with Crippen molar-refractivity contribution in [3.8, 4) is 50.7 Å². The third-order valence-electron chi connectivity index (χ3n) is 9.38. The molecule has 0 saturated heterocycles. The van der Waals surface area contributed by atoms with E-state index in [1.807, 2.05) is 17.4 Å². The van der Waals surface area contributed by atoms with Gasteiger partial charge in [-0.2, -0.15) is 0 Å². The van der Waals surface area contributed by atoms with E-state index in [1.165, 1.54) is 53.6 Å². The average molecular weight is 596 g/mol. The lowest BCUT2D eigenvalue weighted by Gasteiger charge is -2.22. The molecule has 0 aliphatic heterocycles. The molecular formula is C41H29N3S. The molecule has 0 unspecified atom stereocenters. The van der Waals surface area contributed by atoms with Crippen LogP contribution in [0.1, 0.15) is 25.0 Å². The van der Waals surface area contributed by atoms with Crippen LogP contribution in [0.15, 0.2) is 140 Å². The highest BCUT2D eigenvalue weighted by molar-refractivity contribution is 7.26. The van der Waals surface area contributed by atoms with E-state index in [2.05, 4.69) is 152 Å². The van der Waals surface area contributed by atoms with Gasteiger partial charge in [-0.15, -0.1) is 21.5 Å². The number of hydrogen-bond acceptors (Lipinski definition) is 3. The Hall–Kier alpha value is -5.32. The van der Waals surface area contributed by atoms with Crippen molar-refractivity contribution >= 4 is 31.5 Å². The van der Waals surface area contributed by atoms with Gasteiger partial charge in [-0.25, -0.2) is 0 Å². The summed E-state index contributed by atoms with van der Waals surface area (Å²) in [6, 6.07) is 50.1. The molecule has 8 aromatic rings. The van der Waals surface area contributed by atoms with Crippen LogP contribution in [0.25, 0.3) is 70.9 Å². The summed E-state index contributed by atoms with van der Waals surface area (Å²) in [6.45, 7) is 4.64. The summed E-state index contributed by atoms with van der Waals surface area (Å²) in [7, 11) is 0. The number of thiophene rings is 1. The van der Waals surface area contributed by atoms with Crippen LogP contribution in [0.3, 0.4) is 0 Å². The van der Waals surface area contributed by atoms with Crippen molar-refractivity contribution in [2.75, 3.05) is 0 Å². The van der Waals surface area contributed by atoms with E-state index in [9.17, 15) is 0 Å². The molecule has 0 saturated carbocycles. The maximum Gasteiger partial charge on any atom is 0.168 e. The van der Waals surface area contributed by atoms with E-state index >= 15 is 0 Å². The zero-order valence-corrected chi connectivity index (χ0v) is 25.8. The second-order valence-electron chi connectivity index (χ2n) is 12.3. The van der Waals surface area contributed by atoms with E-state index in [4.69, 9.17) is 10.2 Å². The van der Waals surface area contributed by atoms with E-state index < -0.39 is 0 Å². The van der Waals surface area contributed by atoms with Gasteiger partial charge in [-0.05, 0) is 51.6 Å². The molecule has 0 atom stereocenters. The number of aromatic nitrogens is 3. The molecule has 1 aliphatic carbocycles. The molecule has 2 aromatic heterocycles. The summed E-state index contributed by atoms with van der Waals surface area (Å²) in [6.07, 6.45) is 0. The second-order valence-corrected chi connectivity index (χ2v) is 13.4. The summed E-state index contributed by atoms with van der Waals surface area (Å²) >= 11 is 1.86. The molecule has 0 N–H and O–H groups in total. The first-order valence-electron chi connectivity index (χ1n) is 15.3. The largest absolute Gasteiger partial charge is 0.275 e. The van der Waals surface area contributed by atoms with Gasteiger partial charge in [0.05, 0.1) is 0 Å². The van der Waals surface area contributed by atoms with Crippen molar-refractivity contribution in [2.45, 2.75) is 19.3 Å². The van der Waals surface area contributed by atoms with Gasteiger partial charge in [-0.3, -0.25) is 4.57 Å². The quantitative estimate of drug-likeness (QED) is 0.203. The van der Waals surface area contributed by atoms with Crippen LogP contribution < -0.4 is 0 Å². The molecule has 2 heterocycles. The van der Waals surface area contributed by atoms with Crippen LogP contribution in [0.4, 0.5) is 0 Å². The minimum Gasteiger partial charge on any atom is -0.275 e. The molecule has 0 fully saturated rings. The topological polar surface area (TPSA) is 30.7 Å². The van der Waals surface area contributed by atoms with Crippen molar-refractivity contribution in [2.24, 2.45) is 0 Å². The molecule has 0 amide bonds. The molecule has 0 spiro atoms. The standard InChI is InChI=1S/C41H29N3S/c1-41(2)35-17-8-6-13-31(35)32-24-23-29(25-36(32)41)44-39(27-11-4-3-5-12-27)42-43-40(44)28-21-19-26(20-22-28)30-15-10-16-34-33-14-7-9-18-37(33)45-38(30)34/h3-25H,1-2H3. The number of rotatable bonds is 4. The Bertz CT molecular complexity index is 2390. The molecular weight excluding hydrogens is 567 g/mol. The summed E-state index contributed by atoms with van der Waals surface area (Å²) < 4.78 is 4.86. The van der Waals surface area contributed by atoms with Gasteiger partial charge in [0, 0.05) is 42.4 Å². The summed E-state index contributed by atoms with van der Waals surface area (Å²) in [5, 5.41) is 12.2. The number of nitrogens with zero attached hydrogens (tertiary/aromatic N) is 3. The molecule has 4 heteroatoms. The van der Waals surface area contributed by atoms with E-state index in [-0.39, 0.29) is 5.41 Å². The fraction of sp³-hybridized carbons (Fsp3) is 0.0732. The molecule has 0 radical (unpaired) electrons.